The van der Waals surface area contributed by atoms with Crippen LogP contribution in [0.3, 0.4) is 0 Å². The highest BCUT2D eigenvalue weighted by atomic mass is 79.9. The zero-order chi connectivity index (χ0) is 27.6. The van der Waals surface area contributed by atoms with Gasteiger partial charge in [0, 0.05) is 30.2 Å². The number of carbonyl (C=O) groups excluding carboxylic acids is 3. The Bertz CT molecular complexity index is 1080. The number of alkyl halides is 1. The molecule has 4 rings (SSSR count). The van der Waals surface area contributed by atoms with Gasteiger partial charge in [0.05, 0.1) is 24.5 Å². The van der Waals surface area contributed by atoms with E-state index in [2.05, 4.69) is 22.5 Å². The number of halogens is 1. The Balaban J connectivity index is 1.75. The molecule has 1 aromatic rings. The number of fused-ring (bicyclic) bond motifs is 1. The highest BCUT2D eigenvalue weighted by Gasteiger charge is 2.77. The van der Waals surface area contributed by atoms with Gasteiger partial charge in [0.15, 0.2) is 0 Å². The highest BCUT2D eigenvalue weighted by molar-refractivity contribution is 9.09. The Morgan fingerprint density at radius 1 is 1.29 bits per heavy atom. The van der Waals surface area contributed by atoms with Gasteiger partial charge in [-0.1, -0.05) is 47.0 Å². The maximum absolute atomic E-state index is 14.6. The number of rotatable bonds is 12. The van der Waals surface area contributed by atoms with Crippen LogP contribution in [0.25, 0.3) is 0 Å². The van der Waals surface area contributed by atoms with E-state index < -0.39 is 35.6 Å². The summed E-state index contributed by atoms with van der Waals surface area (Å²) in [5.41, 5.74) is 1.62. The van der Waals surface area contributed by atoms with Crippen molar-refractivity contribution >= 4 is 39.4 Å². The fourth-order valence-electron chi connectivity index (χ4n) is 6.50. The van der Waals surface area contributed by atoms with Crippen molar-refractivity contribution in [2.24, 2.45) is 11.8 Å². The molecule has 1 aromatic carbocycles. The summed E-state index contributed by atoms with van der Waals surface area (Å²) in [6.07, 6.45) is 4.66. The van der Waals surface area contributed by atoms with E-state index in [1.807, 2.05) is 32.0 Å². The van der Waals surface area contributed by atoms with Crippen LogP contribution in [-0.2, 0) is 23.9 Å². The molecule has 3 saturated heterocycles. The summed E-state index contributed by atoms with van der Waals surface area (Å²) in [5, 5.41) is 9.14. The second kappa shape index (κ2) is 11.9. The molecule has 0 radical (unpaired) electrons. The van der Waals surface area contributed by atoms with Crippen LogP contribution in [0.2, 0.25) is 0 Å². The first-order valence-corrected chi connectivity index (χ1v) is 14.5. The van der Waals surface area contributed by atoms with E-state index in [0.717, 1.165) is 29.7 Å². The molecule has 0 aliphatic carbocycles. The number of aliphatic hydroxyl groups excluding tert-OH is 1. The summed E-state index contributed by atoms with van der Waals surface area (Å²) in [6, 6.07) is 5.09. The van der Waals surface area contributed by atoms with Gasteiger partial charge < -0.3 is 24.4 Å². The first-order valence-electron chi connectivity index (χ1n) is 13.6. The molecule has 3 unspecified atom stereocenters. The third kappa shape index (κ3) is 4.93. The van der Waals surface area contributed by atoms with E-state index in [9.17, 15) is 14.4 Å². The van der Waals surface area contributed by atoms with Crippen LogP contribution in [0.1, 0.15) is 50.2 Å². The summed E-state index contributed by atoms with van der Waals surface area (Å²) < 4.78 is 11.9. The van der Waals surface area contributed by atoms with Crippen molar-refractivity contribution in [3.63, 3.8) is 0 Å². The zero-order valence-corrected chi connectivity index (χ0v) is 24.1. The number of benzene rings is 1. The molecule has 3 fully saturated rings. The predicted octanol–water partition coefficient (Wildman–Crippen LogP) is 3.69. The number of aliphatic hydroxyl groups is 1. The van der Waals surface area contributed by atoms with E-state index in [1.165, 1.54) is 0 Å². The van der Waals surface area contributed by atoms with Crippen LogP contribution in [0, 0.1) is 25.7 Å². The standard InChI is InChI=1S/C29H39BrN2O6/c1-5-13-31(21-16-18(3)11-12-19(21)4)27(35)25-29-17-20(30)24(38-29)22(28(36)37-6-2)23(29)26(34)32(25)14-9-7-8-10-15-33/h5,11-12,16,20,22-25,33H,1,6-10,13-15,17H2,2-4H3/t20?,22-,23-,24-,25?,29?/m0/s1. The number of likely N-dealkylation sites (tertiary alicyclic amines) is 1. The van der Waals surface area contributed by atoms with Crippen LogP contribution in [0.15, 0.2) is 30.9 Å². The summed E-state index contributed by atoms with van der Waals surface area (Å²) >= 11 is 3.69. The van der Waals surface area contributed by atoms with Crippen molar-refractivity contribution in [2.45, 2.75) is 75.4 Å². The molecule has 1 N–H and O–H groups in total. The third-order valence-corrected chi connectivity index (χ3v) is 8.97. The van der Waals surface area contributed by atoms with Gasteiger partial charge >= 0.3 is 5.97 Å². The fraction of sp³-hybridized carbons (Fsp3) is 0.621. The third-order valence-electron chi connectivity index (χ3n) is 8.12. The molecular formula is C29H39BrN2O6. The van der Waals surface area contributed by atoms with Crippen LogP contribution >= 0.6 is 15.9 Å². The number of amides is 2. The fourth-order valence-corrected chi connectivity index (χ4v) is 7.44. The van der Waals surface area contributed by atoms with Gasteiger partial charge in [-0.2, -0.15) is 0 Å². The van der Waals surface area contributed by atoms with Gasteiger partial charge in [-0.15, -0.1) is 6.58 Å². The van der Waals surface area contributed by atoms with Gasteiger partial charge in [-0.3, -0.25) is 14.4 Å². The lowest BCUT2D eigenvalue weighted by atomic mass is 9.70. The minimum Gasteiger partial charge on any atom is -0.466 e. The van der Waals surface area contributed by atoms with Gasteiger partial charge in [0.2, 0.25) is 5.91 Å². The van der Waals surface area contributed by atoms with Crippen LogP contribution < -0.4 is 4.90 Å². The van der Waals surface area contributed by atoms with Crippen LogP contribution in [0.4, 0.5) is 5.69 Å². The topological polar surface area (TPSA) is 96.4 Å². The normalized spacial score (nSPS) is 29.4. The van der Waals surface area contributed by atoms with E-state index >= 15 is 0 Å². The van der Waals surface area contributed by atoms with Crippen molar-refractivity contribution in [1.82, 2.24) is 4.90 Å². The largest absolute Gasteiger partial charge is 0.466 e. The number of ether oxygens (including phenoxy) is 2. The molecule has 9 heteroatoms. The predicted molar refractivity (Wildman–Crippen MR) is 148 cm³/mol. The monoisotopic (exact) mass is 590 g/mol. The first-order chi connectivity index (χ1) is 18.2. The number of hydrogen-bond acceptors (Lipinski definition) is 6. The van der Waals surface area contributed by atoms with E-state index in [-0.39, 0.29) is 36.4 Å². The molecule has 0 saturated carbocycles. The minimum absolute atomic E-state index is 0.129. The second-order valence-corrected chi connectivity index (χ2v) is 11.8. The summed E-state index contributed by atoms with van der Waals surface area (Å²) in [4.78, 5) is 44.9. The molecule has 1 spiro atoms. The highest BCUT2D eigenvalue weighted by Crippen LogP contribution is 2.60. The van der Waals surface area contributed by atoms with Crippen molar-refractivity contribution in [3.8, 4) is 0 Å². The quantitative estimate of drug-likeness (QED) is 0.173. The molecule has 8 nitrogen and oxygen atoms in total. The Morgan fingerprint density at radius 2 is 2.03 bits per heavy atom. The van der Waals surface area contributed by atoms with Crippen LogP contribution in [-0.4, -0.2) is 76.7 Å². The van der Waals surface area contributed by atoms with Crippen molar-refractivity contribution in [2.75, 3.05) is 31.2 Å². The molecule has 6 atom stereocenters. The average Bonchev–Trinajstić information content (AvgIpc) is 3.47. The summed E-state index contributed by atoms with van der Waals surface area (Å²) in [7, 11) is 0. The number of esters is 1. The van der Waals surface area contributed by atoms with Crippen molar-refractivity contribution < 1.29 is 29.0 Å². The number of carbonyl (C=O) groups is 3. The number of hydrogen-bond donors (Lipinski definition) is 1. The lowest BCUT2D eigenvalue weighted by Crippen LogP contribution is -2.57. The summed E-state index contributed by atoms with van der Waals surface area (Å²) in [5.74, 6) is -2.42. The minimum atomic E-state index is -1.12. The van der Waals surface area contributed by atoms with E-state index in [1.54, 1.807) is 22.8 Å². The van der Waals surface area contributed by atoms with E-state index in [0.29, 0.717) is 25.8 Å². The lowest BCUT2D eigenvalue weighted by molar-refractivity contribution is -0.154. The maximum atomic E-state index is 14.6. The number of anilines is 1. The van der Waals surface area contributed by atoms with Gasteiger partial charge in [-0.05, 0) is 57.2 Å². The zero-order valence-electron chi connectivity index (χ0n) is 22.5. The van der Waals surface area contributed by atoms with Gasteiger partial charge in [-0.25, -0.2) is 0 Å². The van der Waals surface area contributed by atoms with Crippen molar-refractivity contribution in [1.29, 1.82) is 0 Å². The average molecular weight is 592 g/mol. The molecule has 3 aliphatic heterocycles. The Labute approximate surface area is 233 Å². The SMILES string of the molecule is C=CCN(C(=O)C1N(CCCCCCO)C(=O)[C@@H]2[C@H](C(=O)OCC)[C@H]3OC12CC3Br)c1cc(C)ccc1C. The smallest absolute Gasteiger partial charge is 0.312 e. The Morgan fingerprint density at radius 3 is 2.71 bits per heavy atom. The Kier molecular flexibility index (Phi) is 9.00. The summed E-state index contributed by atoms with van der Waals surface area (Å²) in [6.45, 7) is 10.6. The number of unbranched alkanes of at least 4 members (excludes halogenated alkanes) is 3. The first kappa shape index (κ1) is 28.8. The molecule has 3 heterocycles. The van der Waals surface area contributed by atoms with Gasteiger partial charge in [0.25, 0.3) is 5.91 Å². The Hall–Kier alpha value is -2.23. The maximum Gasteiger partial charge on any atom is 0.312 e. The number of aryl methyl sites for hydroxylation is 2. The van der Waals surface area contributed by atoms with E-state index in [4.69, 9.17) is 14.6 Å². The molecule has 3 aliphatic rings. The van der Waals surface area contributed by atoms with Crippen LogP contribution in [0.5, 0.6) is 0 Å². The lowest BCUT2D eigenvalue weighted by Gasteiger charge is -2.37. The van der Waals surface area contributed by atoms with Gasteiger partial charge in [0.1, 0.15) is 11.6 Å². The number of nitrogens with zero attached hydrogens (tertiary/aromatic N) is 2. The molecule has 2 bridgehead atoms. The molecule has 0 aromatic heterocycles. The molecule has 38 heavy (non-hydrogen) atoms. The molecule has 2 amide bonds. The van der Waals surface area contributed by atoms with Crippen molar-refractivity contribution in [3.05, 3.63) is 42.0 Å². The second-order valence-electron chi connectivity index (χ2n) is 10.6. The molecular weight excluding hydrogens is 552 g/mol. The molecule has 208 valence electrons.